The molecular formula is C12H13N5O2S. The van der Waals surface area contributed by atoms with Gasteiger partial charge in [0.25, 0.3) is 0 Å². The summed E-state index contributed by atoms with van der Waals surface area (Å²) in [5.41, 5.74) is 9.73. The van der Waals surface area contributed by atoms with Gasteiger partial charge in [-0.15, -0.1) is 0 Å². The van der Waals surface area contributed by atoms with Crippen LogP contribution in [0.25, 0.3) is 21.3 Å². The van der Waals surface area contributed by atoms with Gasteiger partial charge >= 0.3 is 0 Å². The first-order valence-electron chi connectivity index (χ1n) is 5.91. The molecule has 104 valence electrons. The van der Waals surface area contributed by atoms with Crippen LogP contribution in [-0.2, 0) is 10.0 Å². The fourth-order valence-electron chi connectivity index (χ4n) is 1.87. The molecule has 7 nitrogen and oxygen atoms in total. The van der Waals surface area contributed by atoms with E-state index in [4.69, 9.17) is 5.53 Å². The van der Waals surface area contributed by atoms with Crippen molar-refractivity contribution in [3.63, 3.8) is 0 Å². The van der Waals surface area contributed by atoms with Crippen molar-refractivity contribution < 1.29 is 8.42 Å². The molecule has 0 spiro atoms. The maximum Gasteiger partial charge on any atom is 0.241 e. The molecule has 1 heterocycles. The van der Waals surface area contributed by atoms with Gasteiger partial charge in [0.05, 0.1) is 10.4 Å². The van der Waals surface area contributed by atoms with Crippen LogP contribution in [0.5, 0.6) is 0 Å². The molecule has 20 heavy (non-hydrogen) atoms. The van der Waals surface area contributed by atoms with Crippen LogP contribution in [0.1, 0.15) is 5.56 Å². The Kier molecular flexibility index (Phi) is 4.19. The number of nitrogens with zero attached hydrogens (tertiary/aromatic N) is 4. The van der Waals surface area contributed by atoms with Gasteiger partial charge in [-0.3, -0.25) is 4.98 Å². The second-order valence-corrected chi connectivity index (χ2v) is 5.87. The minimum atomic E-state index is -3.66. The van der Waals surface area contributed by atoms with E-state index in [-0.39, 0.29) is 18.0 Å². The topological polar surface area (TPSA) is 108 Å². The lowest BCUT2D eigenvalue weighted by Crippen LogP contribution is -2.26. The van der Waals surface area contributed by atoms with Gasteiger partial charge in [-0.1, -0.05) is 11.2 Å². The molecule has 0 fully saturated rings. The second kappa shape index (κ2) is 5.87. The number of fused-ring (bicyclic) bond motifs is 1. The van der Waals surface area contributed by atoms with Gasteiger partial charge in [-0.25, -0.2) is 13.1 Å². The summed E-state index contributed by atoms with van der Waals surface area (Å²) >= 11 is 0. The highest BCUT2D eigenvalue weighted by atomic mass is 32.2. The molecule has 0 atom stereocenters. The molecule has 2 rings (SSSR count). The number of sulfonamides is 1. The molecule has 0 aliphatic rings. The van der Waals surface area contributed by atoms with Crippen molar-refractivity contribution in [2.75, 3.05) is 13.1 Å². The van der Waals surface area contributed by atoms with Gasteiger partial charge in [0.2, 0.25) is 10.0 Å². The summed E-state index contributed by atoms with van der Waals surface area (Å²) in [5.74, 6) is 0. The van der Waals surface area contributed by atoms with Crippen LogP contribution in [0.15, 0.2) is 40.5 Å². The molecule has 1 aromatic heterocycles. The summed E-state index contributed by atoms with van der Waals surface area (Å²) in [4.78, 5) is 6.95. The lowest BCUT2D eigenvalue weighted by Gasteiger charge is -2.09. The van der Waals surface area contributed by atoms with Gasteiger partial charge in [0, 0.05) is 29.6 Å². The van der Waals surface area contributed by atoms with Crippen LogP contribution in [0.3, 0.4) is 0 Å². The van der Waals surface area contributed by atoms with Gasteiger partial charge in [-0.2, -0.15) is 0 Å². The highest BCUT2D eigenvalue weighted by molar-refractivity contribution is 7.89. The van der Waals surface area contributed by atoms with E-state index in [1.165, 1.54) is 0 Å². The third-order valence-corrected chi connectivity index (χ3v) is 4.31. The smallest absolute Gasteiger partial charge is 0.241 e. The van der Waals surface area contributed by atoms with E-state index in [0.29, 0.717) is 10.9 Å². The number of aryl methyl sites for hydroxylation is 1. The van der Waals surface area contributed by atoms with Crippen LogP contribution >= 0.6 is 0 Å². The maximum atomic E-state index is 12.2. The zero-order valence-electron chi connectivity index (χ0n) is 10.8. The van der Waals surface area contributed by atoms with E-state index >= 15 is 0 Å². The van der Waals surface area contributed by atoms with Crippen LogP contribution in [0, 0.1) is 6.92 Å². The molecule has 0 saturated heterocycles. The molecule has 0 radical (unpaired) electrons. The Hall–Kier alpha value is -2.15. The molecular weight excluding hydrogens is 278 g/mol. The first-order valence-corrected chi connectivity index (χ1v) is 7.39. The minimum Gasteiger partial charge on any atom is -0.256 e. The quantitative estimate of drug-likeness (QED) is 0.394. The van der Waals surface area contributed by atoms with E-state index in [1.807, 2.05) is 6.92 Å². The summed E-state index contributed by atoms with van der Waals surface area (Å²) in [6.45, 7) is 2.00. The Morgan fingerprint density at radius 1 is 1.40 bits per heavy atom. The van der Waals surface area contributed by atoms with E-state index in [0.717, 1.165) is 5.56 Å². The number of aromatic nitrogens is 1. The summed E-state index contributed by atoms with van der Waals surface area (Å²) in [6, 6.07) is 6.69. The number of benzene rings is 1. The normalized spacial score (nSPS) is 11.2. The summed E-state index contributed by atoms with van der Waals surface area (Å²) in [7, 11) is -3.66. The van der Waals surface area contributed by atoms with Crippen LogP contribution in [0.4, 0.5) is 0 Å². The Balaban J connectivity index is 2.42. The first-order chi connectivity index (χ1) is 9.56. The van der Waals surface area contributed by atoms with Crippen LogP contribution in [-0.4, -0.2) is 26.5 Å². The number of pyridine rings is 1. The van der Waals surface area contributed by atoms with E-state index in [2.05, 4.69) is 19.7 Å². The number of hydrogen-bond acceptors (Lipinski definition) is 4. The predicted molar refractivity (Wildman–Crippen MR) is 75.7 cm³/mol. The van der Waals surface area contributed by atoms with Crippen molar-refractivity contribution in [1.82, 2.24) is 9.71 Å². The summed E-state index contributed by atoms with van der Waals surface area (Å²) in [6.07, 6.45) is 1.63. The molecule has 1 N–H and O–H groups in total. The summed E-state index contributed by atoms with van der Waals surface area (Å²) in [5, 5.41) is 3.86. The maximum absolute atomic E-state index is 12.2. The van der Waals surface area contributed by atoms with Gasteiger partial charge < -0.3 is 0 Å². The Morgan fingerprint density at radius 2 is 2.20 bits per heavy atom. The third-order valence-electron chi connectivity index (χ3n) is 2.79. The molecule has 1 aromatic carbocycles. The highest BCUT2D eigenvalue weighted by Crippen LogP contribution is 2.23. The van der Waals surface area contributed by atoms with E-state index in [1.54, 1.807) is 30.5 Å². The fourth-order valence-corrected chi connectivity index (χ4v) is 3.09. The molecule has 0 aliphatic carbocycles. The lowest BCUT2D eigenvalue weighted by molar-refractivity contribution is 0.583. The standard InChI is InChI=1S/C12H13N5O2S/c1-9-4-5-11(10-3-2-6-14-12(9)10)20(18,19)16-8-7-15-17-13/h2-6,16H,7-8H2,1H3. The molecule has 8 heteroatoms. The van der Waals surface area contributed by atoms with Crippen molar-refractivity contribution in [1.29, 1.82) is 0 Å². The van der Waals surface area contributed by atoms with Crippen LogP contribution < -0.4 is 4.72 Å². The van der Waals surface area contributed by atoms with Crippen molar-refractivity contribution in [2.24, 2.45) is 5.11 Å². The molecule has 0 bridgehead atoms. The predicted octanol–water partition coefficient (Wildman–Crippen LogP) is 2.13. The fraction of sp³-hybridized carbons (Fsp3) is 0.250. The van der Waals surface area contributed by atoms with Crippen molar-refractivity contribution >= 4 is 20.9 Å². The second-order valence-electron chi connectivity index (χ2n) is 4.13. The average Bonchev–Trinajstić information content (AvgIpc) is 2.44. The van der Waals surface area contributed by atoms with Gasteiger partial charge in [-0.05, 0) is 36.2 Å². The molecule has 0 unspecified atom stereocenters. The number of rotatable bonds is 5. The van der Waals surface area contributed by atoms with E-state index < -0.39 is 10.0 Å². The van der Waals surface area contributed by atoms with Crippen LogP contribution in [0.2, 0.25) is 0 Å². The number of nitrogens with one attached hydrogen (secondary N) is 1. The molecule has 2 aromatic rings. The molecule has 0 amide bonds. The zero-order valence-corrected chi connectivity index (χ0v) is 11.6. The molecule has 0 saturated carbocycles. The average molecular weight is 291 g/mol. The van der Waals surface area contributed by atoms with Crippen molar-refractivity contribution in [3.8, 4) is 0 Å². The van der Waals surface area contributed by atoms with E-state index in [9.17, 15) is 8.42 Å². The third kappa shape index (κ3) is 2.88. The molecule has 0 aliphatic heterocycles. The highest BCUT2D eigenvalue weighted by Gasteiger charge is 2.17. The number of hydrogen-bond donors (Lipinski definition) is 1. The monoisotopic (exact) mass is 291 g/mol. The van der Waals surface area contributed by atoms with Gasteiger partial charge in [0.1, 0.15) is 0 Å². The lowest BCUT2D eigenvalue weighted by atomic mass is 10.1. The first kappa shape index (κ1) is 14.3. The largest absolute Gasteiger partial charge is 0.256 e. The Morgan fingerprint density at radius 3 is 2.95 bits per heavy atom. The SMILES string of the molecule is Cc1ccc(S(=O)(=O)NCCN=[N+]=[N-])c2cccnc12. The van der Waals surface area contributed by atoms with Gasteiger partial charge in [0.15, 0.2) is 0 Å². The van der Waals surface area contributed by atoms with Crippen molar-refractivity contribution in [3.05, 3.63) is 46.5 Å². The zero-order chi connectivity index (χ0) is 14.6. The number of azide groups is 1. The van der Waals surface area contributed by atoms with Crippen molar-refractivity contribution in [2.45, 2.75) is 11.8 Å². The summed E-state index contributed by atoms with van der Waals surface area (Å²) < 4.78 is 26.9. The minimum absolute atomic E-state index is 0.0576. The Labute approximate surface area is 116 Å². The Bertz CT molecular complexity index is 782.